The molecule has 0 fully saturated rings. The number of hydrogen-bond donors (Lipinski definition) is 1. The summed E-state index contributed by atoms with van der Waals surface area (Å²) in [6.45, 7) is 7.64. The van der Waals surface area contributed by atoms with Crippen molar-refractivity contribution in [2.24, 2.45) is 0 Å². The summed E-state index contributed by atoms with van der Waals surface area (Å²) in [5.41, 5.74) is 2.61. The minimum Gasteiger partial charge on any atom is -0.311 e. The second kappa shape index (κ2) is 6.87. The van der Waals surface area contributed by atoms with Crippen LogP contribution in [0.2, 0.25) is 0 Å². The van der Waals surface area contributed by atoms with Crippen LogP contribution in [0.4, 0.5) is 0 Å². The molecule has 0 radical (unpaired) electrons. The van der Waals surface area contributed by atoms with Crippen LogP contribution < -0.4 is 5.32 Å². The van der Waals surface area contributed by atoms with E-state index in [2.05, 4.69) is 66.3 Å². The topological polar surface area (TPSA) is 12.0 Å². The van der Waals surface area contributed by atoms with Crippen LogP contribution in [0.1, 0.15) is 32.8 Å². The zero-order valence-corrected chi connectivity index (χ0v) is 11.8. The Hall–Kier alpha value is -0.600. The molecule has 0 bridgehead atoms. The highest BCUT2D eigenvalue weighted by Gasteiger charge is 2.02. The van der Waals surface area contributed by atoms with Gasteiger partial charge in [-0.05, 0) is 44.5 Å². The maximum Gasteiger partial charge on any atom is 0.0251 e. The third-order valence-electron chi connectivity index (χ3n) is 2.63. The number of hydrogen-bond acceptors (Lipinski definition) is 1. The van der Waals surface area contributed by atoms with Crippen molar-refractivity contribution in [3.63, 3.8) is 0 Å². The molecule has 2 heteroatoms. The normalized spacial score (nSPS) is 13.9. The van der Waals surface area contributed by atoms with Crippen LogP contribution >= 0.6 is 15.9 Å². The van der Waals surface area contributed by atoms with Gasteiger partial charge in [-0.2, -0.15) is 0 Å². The molecule has 1 N–H and O–H groups in total. The van der Waals surface area contributed by atoms with Gasteiger partial charge < -0.3 is 5.32 Å². The molecule has 0 saturated heterocycles. The van der Waals surface area contributed by atoms with E-state index in [1.165, 1.54) is 17.6 Å². The van der Waals surface area contributed by atoms with Gasteiger partial charge in [-0.15, -0.1) is 0 Å². The molecule has 0 heterocycles. The Balaban J connectivity index is 2.68. The van der Waals surface area contributed by atoms with Crippen LogP contribution in [0.25, 0.3) is 6.08 Å². The van der Waals surface area contributed by atoms with Gasteiger partial charge in [-0.1, -0.05) is 46.6 Å². The summed E-state index contributed by atoms with van der Waals surface area (Å²) in [4.78, 5) is 0. The lowest BCUT2D eigenvalue weighted by molar-refractivity contribution is 0.604. The molecule has 1 rings (SSSR count). The van der Waals surface area contributed by atoms with E-state index in [0.29, 0.717) is 6.04 Å². The molecule has 0 spiro atoms. The zero-order chi connectivity index (χ0) is 12.0. The van der Waals surface area contributed by atoms with Crippen molar-refractivity contribution < 1.29 is 0 Å². The predicted octanol–water partition coefficient (Wildman–Crippen LogP) is 4.24. The van der Waals surface area contributed by atoms with Gasteiger partial charge in [0, 0.05) is 10.5 Å². The molecule has 1 aromatic rings. The summed E-state index contributed by atoms with van der Waals surface area (Å²) in [6.07, 6.45) is 3.41. The van der Waals surface area contributed by atoms with Crippen LogP contribution in [0, 0.1) is 0 Å². The van der Waals surface area contributed by atoms with Crippen molar-refractivity contribution in [3.8, 4) is 0 Å². The lowest BCUT2D eigenvalue weighted by atomic mass is 10.1. The fraction of sp³-hybridized carbons (Fsp3) is 0.429. The van der Waals surface area contributed by atoms with Gasteiger partial charge in [-0.3, -0.25) is 0 Å². The molecule has 0 saturated carbocycles. The minimum absolute atomic E-state index is 0.443. The molecule has 1 nitrogen and oxygen atoms in total. The van der Waals surface area contributed by atoms with Crippen LogP contribution in [-0.4, -0.2) is 12.6 Å². The molecule has 1 aromatic carbocycles. The Morgan fingerprint density at radius 1 is 1.50 bits per heavy atom. The predicted molar refractivity (Wildman–Crippen MR) is 75.5 cm³/mol. The molecule has 0 aliphatic rings. The zero-order valence-electron chi connectivity index (χ0n) is 10.3. The molecule has 16 heavy (non-hydrogen) atoms. The lowest BCUT2D eigenvalue weighted by Crippen LogP contribution is -2.27. The molecule has 0 aromatic heterocycles. The maximum atomic E-state index is 3.49. The van der Waals surface area contributed by atoms with Gasteiger partial charge >= 0.3 is 0 Å². The van der Waals surface area contributed by atoms with Gasteiger partial charge in [0.1, 0.15) is 0 Å². The number of halogens is 1. The fourth-order valence-electron chi connectivity index (χ4n) is 1.51. The SMILES string of the molecule is CCCNC(C)/C(C)=C/c1cccc(Br)c1. The van der Waals surface area contributed by atoms with Crippen LogP contribution in [-0.2, 0) is 0 Å². The van der Waals surface area contributed by atoms with E-state index in [1.54, 1.807) is 0 Å². The van der Waals surface area contributed by atoms with E-state index in [-0.39, 0.29) is 0 Å². The largest absolute Gasteiger partial charge is 0.311 e. The summed E-state index contributed by atoms with van der Waals surface area (Å²) in [6, 6.07) is 8.81. The van der Waals surface area contributed by atoms with Crippen molar-refractivity contribution >= 4 is 22.0 Å². The molecule has 1 unspecified atom stereocenters. The van der Waals surface area contributed by atoms with Crippen LogP contribution in [0.5, 0.6) is 0 Å². The first-order valence-electron chi connectivity index (χ1n) is 5.80. The summed E-state index contributed by atoms with van der Waals surface area (Å²) < 4.78 is 1.13. The van der Waals surface area contributed by atoms with Gasteiger partial charge in [0.15, 0.2) is 0 Å². The second-order valence-electron chi connectivity index (χ2n) is 4.12. The van der Waals surface area contributed by atoms with Crippen molar-refractivity contribution in [1.29, 1.82) is 0 Å². The summed E-state index contributed by atoms with van der Waals surface area (Å²) >= 11 is 3.49. The Bertz CT molecular complexity index is 358. The molecular formula is C14H20BrN. The first-order valence-corrected chi connectivity index (χ1v) is 6.60. The van der Waals surface area contributed by atoms with Crippen molar-refractivity contribution in [3.05, 3.63) is 39.9 Å². The second-order valence-corrected chi connectivity index (χ2v) is 5.03. The van der Waals surface area contributed by atoms with E-state index in [0.717, 1.165) is 11.0 Å². The van der Waals surface area contributed by atoms with Crippen molar-refractivity contribution in [2.75, 3.05) is 6.54 Å². The number of nitrogens with one attached hydrogen (secondary N) is 1. The molecule has 0 amide bonds. The summed E-state index contributed by atoms with van der Waals surface area (Å²) in [7, 11) is 0. The molecular weight excluding hydrogens is 262 g/mol. The summed E-state index contributed by atoms with van der Waals surface area (Å²) in [5, 5.41) is 3.49. The summed E-state index contributed by atoms with van der Waals surface area (Å²) in [5.74, 6) is 0. The number of rotatable bonds is 5. The standard InChI is InChI=1S/C14H20BrN/c1-4-8-16-12(3)11(2)9-13-6-5-7-14(15)10-13/h5-7,9-10,12,16H,4,8H2,1-3H3/b11-9+. The van der Waals surface area contributed by atoms with Gasteiger partial charge in [0.05, 0.1) is 0 Å². The third kappa shape index (κ3) is 4.50. The Morgan fingerprint density at radius 3 is 2.88 bits per heavy atom. The smallest absolute Gasteiger partial charge is 0.0251 e. The van der Waals surface area contributed by atoms with E-state index >= 15 is 0 Å². The quantitative estimate of drug-likeness (QED) is 0.851. The third-order valence-corrected chi connectivity index (χ3v) is 3.12. The first-order chi connectivity index (χ1) is 7.63. The van der Waals surface area contributed by atoms with Gasteiger partial charge in [0.25, 0.3) is 0 Å². The van der Waals surface area contributed by atoms with E-state index in [9.17, 15) is 0 Å². The molecule has 88 valence electrons. The highest BCUT2D eigenvalue weighted by molar-refractivity contribution is 9.10. The van der Waals surface area contributed by atoms with E-state index < -0.39 is 0 Å². The lowest BCUT2D eigenvalue weighted by Gasteiger charge is -2.14. The fourth-order valence-corrected chi connectivity index (χ4v) is 1.92. The highest BCUT2D eigenvalue weighted by Crippen LogP contribution is 2.15. The molecule has 1 atom stereocenters. The van der Waals surface area contributed by atoms with Crippen LogP contribution in [0.15, 0.2) is 34.3 Å². The number of benzene rings is 1. The van der Waals surface area contributed by atoms with Gasteiger partial charge in [0.2, 0.25) is 0 Å². The van der Waals surface area contributed by atoms with Crippen molar-refractivity contribution in [2.45, 2.75) is 33.2 Å². The Labute approximate surface area is 107 Å². The molecule has 0 aliphatic carbocycles. The minimum atomic E-state index is 0.443. The maximum absolute atomic E-state index is 3.49. The average Bonchev–Trinajstić information content (AvgIpc) is 2.25. The van der Waals surface area contributed by atoms with Gasteiger partial charge in [-0.25, -0.2) is 0 Å². The Kier molecular flexibility index (Phi) is 5.78. The monoisotopic (exact) mass is 281 g/mol. The van der Waals surface area contributed by atoms with E-state index in [4.69, 9.17) is 0 Å². The first kappa shape index (κ1) is 13.5. The van der Waals surface area contributed by atoms with E-state index in [1.807, 2.05) is 6.07 Å². The van der Waals surface area contributed by atoms with Crippen molar-refractivity contribution in [1.82, 2.24) is 5.32 Å². The van der Waals surface area contributed by atoms with Crippen LogP contribution in [0.3, 0.4) is 0 Å². The average molecular weight is 282 g/mol. The molecule has 0 aliphatic heterocycles. The Morgan fingerprint density at radius 2 is 2.25 bits per heavy atom. The highest BCUT2D eigenvalue weighted by atomic mass is 79.9.